The number of benzene rings is 1. The topological polar surface area (TPSA) is 66.9 Å². The molecule has 0 aromatic heterocycles. The van der Waals surface area contributed by atoms with Gasteiger partial charge in [0.2, 0.25) is 0 Å². The number of nitro benzene ring substituents is 1. The summed E-state index contributed by atoms with van der Waals surface area (Å²) in [7, 11) is 0. The zero-order valence-corrected chi connectivity index (χ0v) is 8.11. The summed E-state index contributed by atoms with van der Waals surface area (Å²) in [4.78, 5) is 10.1. The van der Waals surface area contributed by atoms with Crippen molar-refractivity contribution in [2.75, 3.05) is 0 Å². The van der Waals surface area contributed by atoms with Crippen LogP contribution in [0.4, 0.5) is 5.69 Å². The molecule has 0 aliphatic rings. The Bertz CT molecular complexity index is 384. The Balaban J connectivity index is 3.27. The Morgan fingerprint density at radius 1 is 1.62 bits per heavy atom. The molecule has 66 valence electrons. The lowest BCUT2D eigenvalue weighted by atomic mass is 10.1. The maximum absolute atomic E-state index is 10.6. The summed E-state index contributed by atoms with van der Waals surface area (Å²) in [5, 5.41) is 19.0. The van der Waals surface area contributed by atoms with Crippen LogP contribution in [0, 0.1) is 21.4 Å². The highest BCUT2D eigenvalue weighted by molar-refractivity contribution is 9.10. The van der Waals surface area contributed by atoms with E-state index in [-0.39, 0.29) is 12.1 Å². The molecule has 1 aromatic rings. The van der Waals surface area contributed by atoms with Crippen LogP contribution in [0.15, 0.2) is 22.7 Å². The van der Waals surface area contributed by atoms with Crippen molar-refractivity contribution in [3.05, 3.63) is 38.3 Å². The maximum Gasteiger partial charge on any atom is 0.287 e. The van der Waals surface area contributed by atoms with Gasteiger partial charge in [-0.25, -0.2) is 0 Å². The van der Waals surface area contributed by atoms with E-state index in [0.717, 1.165) is 0 Å². The van der Waals surface area contributed by atoms with Gasteiger partial charge in [0.1, 0.15) is 0 Å². The molecule has 0 amide bonds. The molecule has 0 aliphatic heterocycles. The predicted molar refractivity (Wildman–Crippen MR) is 50.1 cm³/mol. The summed E-state index contributed by atoms with van der Waals surface area (Å²) in [6, 6.07) is 6.71. The Kier molecular flexibility index (Phi) is 2.98. The van der Waals surface area contributed by atoms with Gasteiger partial charge in [0.15, 0.2) is 0 Å². The second-order valence-electron chi connectivity index (χ2n) is 2.34. The van der Waals surface area contributed by atoms with Gasteiger partial charge in [0.05, 0.1) is 21.9 Å². The molecule has 0 saturated carbocycles. The zero-order chi connectivity index (χ0) is 9.84. The monoisotopic (exact) mass is 240 g/mol. The summed E-state index contributed by atoms with van der Waals surface area (Å²) in [6.45, 7) is 0. The minimum absolute atomic E-state index is 0.0240. The van der Waals surface area contributed by atoms with E-state index < -0.39 is 4.92 Å². The third-order valence-corrected chi connectivity index (χ3v) is 2.16. The van der Waals surface area contributed by atoms with Gasteiger partial charge < -0.3 is 0 Å². The molecule has 0 atom stereocenters. The SMILES string of the molecule is N#CCc1cccc(Br)c1[N+](=O)[O-]. The molecular formula is C8H5BrN2O2. The van der Waals surface area contributed by atoms with Crippen molar-refractivity contribution in [1.29, 1.82) is 5.26 Å². The van der Waals surface area contributed by atoms with Crippen LogP contribution in [0.2, 0.25) is 0 Å². The number of hydrogen-bond acceptors (Lipinski definition) is 3. The van der Waals surface area contributed by atoms with E-state index in [1.807, 2.05) is 6.07 Å². The largest absolute Gasteiger partial charge is 0.287 e. The van der Waals surface area contributed by atoms with Gasteiger partial charge in [-0.15, -0.1) is 0 Å². The predicted octanol–water partition coefficient (Wildman–Crippen LogP) is 2.42. The smallest absolute Gasteiger partial charge is 0.258 e. The van der Waals surface area contributed by atoms with Crippen molar-refractivity contribution in [3.63, 3.8) is 0 Å². The third-order valence-electron chi connectivity index (χ3n) is 1.52. The molecule has 0 spiro atoms. The quantitative estimate of drug-likeness (QED) is 0.589. The Labute approximate surface area is 83.1 Å². The van der Waals surface area contributed by atoms with Crippen LogP contribution in [0.25, 0.3) is 0 Å². The van der Waals surface area contributed by atoms with E-state index in [4.69, 9.17) is 5.26 Å². The van der Waals surface area contributed by atoms with Gasteiger partial charge in [0, 0.05) is 5.56 Å². The lowest BCUT2D eigenvalue weighted by Gasteiger charge is -1.99. The molecule has 1 rings (SSSR count). The number of nitriles is 1. The van der Waals surface area contributed by atoms with Gasteiger partial charge in [-0.1, -0.05) is 12.1 Å². The summed E-state index contributed by atoms with van der Waals surface area (Å²) >= 11 is 3.07. The van der Waals surface area contributed by atoms with Crippen molar-refractivity contribution >= 4 is 21.6 Å². The molecular weight excluding hydrogens is 236 g/mol. The molecule has 5 heteroatoms. The molecule has 0 aliphatic carbocycles. The summed E-state index contributed by atoms with van der Waals surface area (Å²) in [5.41, 5.74) is 0.408. The maximum atomic E-state index is 10.6. The van der Waals surface area contributed by atoms with Gasteiger partial charge in [-0.05, 0) is 22.0 Å². The summed E-state index contributed by atoms with van der Waals surface area (Å²) in [6.07, 6.45) is 0.0513. The van der Waals surface area contributed by atoms with Crippen molar-refractivity contribution in [1.82, 2.24) is 0 Å². The lowest BCUT2D eigenvalue weighted by Crippen LogP contribution is -1.95. The van der Waals surface area contributed by atoms with Crippen LogP contribution in [-0.4, -0.2) is 4.92 Å². The Morgan fingerprint density at radius 3 is 2.85 bits per heavy atom. The van der Waals surface area contributed by atoms with Crippen LogP contribution in [-0.2, 0) is 6.42 Å². The molecule has 0 heterocycles. The minimum Gasteiger partial charge on any atom is -0.258 e. The molecule has 0 unspecified atom stereocenters. The van der Waals surface area contributed by atoms with E-state index >= 15 is 0 Å². The number of rotatable bonds is 2. The lowest BCUT2D eigenvalue weighted by molar-refractivity contribution is -0.386. The van der Waals surface area contributed by atoms with Crippen LogP contribution in [0.3, 0.4) is 0 Å². The first-order valence-corrected chi connectivity index (χ1v) is 4.25. The second kappa shape index (κ2) is 4.01. The molecule has 13 heavy (non-hydrogen) atoms. The number of halogens is 1. The van der Waals surface area contributed by atoms with E-state index in [0.29, 0.717) is 10.0 Å². The van der Waals surface area contributed by atoms with Crippen molar-refractivity contribution in [2.24, 2.45) is 0 Å². The van der Waals surface area contributed by atoms with Crippen molar-refractivity contribution < 1.29 is 4.92 Å². The van der Waals surface area contributed by atoms with Crippen LogP contribution < -0.4 is 0 Å². The first-order chi connectivity index (χ1) is 6.16. The Hall–Kier alpha value is -1.41. The molecule has 0 fully saturated rings. The fourth-order valence-electron chi connectivity index (χ4n) is 0.992. The van der Waals surface area contributed by atoms with Gasteiger partial charge in [0.25, 0.3) is 5.69 Å². The van der Waals surface area contributed by atoms with Gasteiger partial charge >= 0.3 is 0 Å². The molecule has 1 aromatic carbocycles. The zero-order valence-electron chi connectivity index (χ0n) is 6.53. The number of para-hydroxylation sites is 1. The van der Waals surface area contributed by atoms with Crippen LogP contribution in [0.1, 0.15) is 5.56 Å². The van der Waals surface area contributed by atoms with Crippen molar-refractivity contribution in [3.8, 4) is 6.07 Å². The normalized spacial score (nSPS) is 9.23. The summed E-state index contributed by atoms with van der Waals surface area (Å²) in [5.74, 6) is 0. The molecule has 0 bridgehead atoms. The highest BCUT2D eigenvalue weighted by Gasteiger charge is 2.16. The van der Waals surface area contributed by atoms with Crippen LogP contribution in [0.5, 0.6) is 0 Å². The number of nitrogens with zero attached hydrogens (tertiary/aromatic N) is 2. The average Bonchev–Trinajstić information content (AvgIpc) is 2.04. The van der Waals surface area contributed by atoms with E-state index in [2.05, 4.69) is 15.9 Å². The number of hydrogen-bond donors (Lipinski definition) is 0. The molecule has 0 saturated heterocycles. The van der Waals surface area contributed by atoms with E-state index in [9.17, 15) is 10.1 Å². The van der Waals surface area contributed by atoms with Crippen LogP contribution >= 0.6 is 15.9 Å². The molecule has 0 N–H and O–H groups in total. The molecule has 4 nitrogen and oxygen atoms in total. The molecule has 0 radical (unpaired) electrons. The Morgan fingerprint density at radius 2 is 2.31 bits per heavy atom. The third kappa shape index (κ3) is 2.04. The first kappa shape index (κ1) is 9.68. The van der Waals surface area contributed by atoms with E-state index in [1.165, 1.54) is 0 Å². The number of nitro groups is 1. The standard InChI is InChI=1S/C8H5BrN2O2/c9-7-3-1-2-6(4-5-10)8(7)11(12)13/h1-3H,4H2. The minimum atomic E-state index is -0.489. The second-order valence-corrected chi connectivity index (χ2v) is 3.19. The highest BCUT2D eigenvalue weighted by Crippen LogP contribution is 2.28. The first-order valence-electron chi connectivity index (χ1n) is 3.45. The van der Waals surface area contributed by atoms with Crippen molar-refractivity contribution in [2.45, 2.75) is 6.42 Å². The van der Waals surface area contributed by atoms with E-state index in [1.54, 1.807) is 18.2 Å². The van der Waals surface area contributed by atoms with Gasteiger partial charge in [-0.3, -0.25) is 10.1 Å². The van der Waals surface area contributed by atoms with Gasteiger partial charge in [-0.2, -0.15) is 5.26 Å². The fraction of sp³-hybridized carbons (Fsp3) is 0.125. The fourth-order valence-corrected chi connectivity index (χ4v) is 1.54. The highest BCUT2D eigenvalue weighted by atomic mass is 79.9. The summed E-state index contributed by atoms with van der Waals surface area (Å²) < 4.78 is 0.408. The average molecular weight is 241 g/mol.